The summed E-state index contributed by atoms with van der Waals surface area (Å²) in [5.74, 6) is 0.881. The van der Waals surface area contributed by atoms with Crippen molar-refractivity contribution in [2.24, 2.45) is 5.92 Å². The molecule has 3 heteroatoms. The maximum atomic E-state index is 12.1. The third kappa shape index (κ3) is 5.12. The summed E-state index contributed by atoms with van der Waals surface area (Å²) in [6.45, 7) is 0. The van der Waals surface area contributed by atoms with Crippen LogP contribution in [0.25, 0.3) is 0 Å². The van der Waals surface area contributed by atoms with Gasteiger partial charge in [0.25, 0.3) is 0 Å². The number of anilines is 3. The summed E-state index contributed by atoms with van der Waals surface area (Å²) >= 11 is 0. The van der Waals surface area contributed by atoms with Crippen LogP contribution < -0.4 is 10.6 Å². The molecule has 0 radical (unpaired) electrons. The molecule has 1 amide bonds. The third-order valence-electron chi connectivity index (χ3n) is 4.74. The molecule has 0 atom stereocenters. The van der Waals surface area contributed by atoms with E-state index in [1.807, 2.05) is 54.6 Å². The molecule has 1 fully saturated rings. The van der Waals surface area contributed by atoms with Crippen LogP contribution in [-0.2, 0) is 4.79 Å². The number of nitrogens with one attached hydrogen (secondary N) is 2. The summed E-state index contributed by atoms with van der Waals surface area (Å²) in [6.07, 6.45) is 8.30. The first-order valence-corrected chi connectivity index (χ1v) is 9.01. The highest BCUT2D eigenvalue weighted by Gasteiger charge is 2.14. The molecule has 0 heterocycles. The standard InChI is InChI=1S/C21H26N2O/c24-21(16-11-17-7-3-1-4-8-17)23-20-14-12-19(13-15-20)22-18-9-5-2-6-10-18/h2,5-6,9-10,12-15,17,22H,1,3-4,7-8,11,16H2,(H,23,24). The van der Waals surface area contributed by atoms with Gasteiger partial charge in [-0.25, -0.2) is 0 Å². The fourth-order valence-corrected chi connectivity index (χ4v) is 3.36. The smallest absolute Gasteiger partial charge is 0.224 e. The van der Waals surface area contributed by atoms with E-state index in [4.69, 9.17) is 0 Å². The highest BCUT2D eigenvalue weighted by atomic mass is 16.1. The Hall–Kier alpha value is -2.29. The van der Waals surface area contributed by atoms with Crippen molar-refractivity contribution in [3.63, 3.8) is 0 Å². The maximum absolute atomic E-state index is 12.1. The first kappa shape index (κ1) is 16.6. The molecule has 0 spiro atoms. The number of para-hydroxylation sites is 1. The van der Waals surface area contributed by atoms with Crippen molar-refractivity contribution in [2.45, 2.75) is 44.9 Å². The fraction of sp³-hybridized carbons (Fsp3) is 0.381. The zero-order chi connectivity index (χ0) is 16.6. The predicted molar refractivity (Wildman–Crippen MR) is 101 cm³/mol. The van der Waals surface area contributed by atoms with Gasteiger partial charge in [0.1, 0.15) is 0 Å². The van der Waals surface area contributed by atoms with Gasteiger partial charge in [0, 0.05) is 23.5 Å². The second kappa shape index (κ2) is 8.53. The number of rotatable bonds is 6. The minimum atomic E-state index is 0.129. The Bertz CT molecular complexity index is 631. The molecule has 3 rings (SSSR count). The summed E-state index contributed by atoms with van der Waals surface area (Å²) in [5, 5.41) is 6.35. The molecular formula is C21H26N2O. The molecule has 0 aliphatic heterocycles. The zero-order valence-electron chi connectivity index (χ0n) is 14.1. The molecule has 1 aliphatic carbocycles. The van der Waals surface area contributed by atoms with Crippen LogP contribution in [0.15, 0.2) is 54.6 Å². The van der Waals surface area contributed by atoms with E-state index in [2.05, 4.69) is 10.6 Å². The molecule has 0 aromatic heterocycles. The number of carbonyl (C=O) groups is 1. The van der Waals surface area contributed by atoms with Crippen molar-refractivity contribution in [1.29, 1.82) is 0 Å². The number of benzene rings is 2. The number of hydrogen-bond acceptors (Lipinski definition) is 2. The lowest BCUT2D eigenvalue weighted by Crippen LogP contribution is -2.14. The van der Waals surface area contributed by atoms with Gasteiger partial charge in [0.15, 0.2) is 0 Å². The molecule has 2 N–H and O–H groups in total. The second-order valence-corrected chi connectivity index (χ2v) is 6.66. The Morgan fingerprint density at radius 3 is 2.17 bits per heavy atom. The summed E-state index contributed by atoms with van der Waals surface area (Å²) in [7, 11) is 0. The van der Waals surface area contributed by atoms with E-state index in [1.54, 1.807) is 0 Å². The van der Waals surface area contributed by atoms with Gasteiger partial charge in [-0.15, -0.1) is 0 Å². The highest BCUT2D eigenvalue weighted by molar-refractivity contribution is 5.90. The van der Waals surface area contributed by atoms with Gasteiger partial charge in [-0.1, -0.05) is 50.3 Å². The van der Waals surface area contributed by atoms with Crippen molar-refractivity contribution in [3.8, 4) is 0 Å². The van der Waals surface area contributed by atoms with Gasteiger partial charge >= 0.3 is 0 Å². The fourth-order valence-electron chi connectivity index (χ4n) is 3.36. The van der Waals surface area contributed by atoms with Crippen LogP contribution in [0.5, 0.6) is 0 Å². The molecule has 1 saturated carbocycles. The Balaban J connectivity index is 1.45. The van der Waals surface area contributed by atoms with Crippen LogP contribution in [0.1, 0.15) is 44.9 Å². The van der Waals surface area contributed by atoms with E-state index in [-0.39, 0.29) is 5.91 Å². The van der Waals surface area contributed by atoms with E-state index >= 15 is 0 Å². The lowest BCUT2D eigenvalue weighted by atomic mass is 9.86. The van der Waals surface area contributed by atoms with Crippen LogP contribution >= 0.6 is 0 Å². The predicted octanol–water partition coefficient (Wildman–Crippen LogP) is 5.73. The number of hydrogen-bond donors (Lipinski definition) is 2. The van der Waals surface area contributed by atoms with Gasteiger partial charge in [-0.2, -0.15) is 0 Å². The van der Waals surface area contributed by atoms with E-state index < -0.39 is 0 Å². The average molecular weight is 322 g/mol. The normalized spacial score (nSPS) is 15.0. The quantitative estimate of drug-likeness (QED) is 0.713. The molecule has 3 nitrogen and oxygen atoms in total. The van der Waals surface area contributed by atoms with Crippen molar-refractivity contribution in [2.75, 3.05) is 10.6 Å². The molecule has 126 valence electrons. The first-order valence-electron chi connectivity index (χ1n) is 9.01. The summed E-state index contributed by atoms with van der Waals surface area (Å²) in [5.41, 5.74) is 2.94. The minimum Gasteiger partial charge on any atom is -0.356 e. The minimum absolute atomic E-state index is 0.129. The maximum Gasteiger partial charge on any atom is 0.224 e. The van der Waals surface area contributed by atoms with Crippen molar-refractivity contribution >= 4 is 23.0 Å². The Morgan fingerprint density at radius 2 is 1.46 bits per heavy atom. The van der Waals surface area contributed by atoms with E-state index in [9.17, 15) is 4.79 Å². The third-order valence-corrected chi connectivity index (χ3v) is 4.74. The van der Waals surface area contributed by atoms with Crippen LogP contribution in [0, 0.1) is 5.92 Å². The van der Waals surface area contributed by atoms with Crippen LogP contribution in [0.4, 0.5) is 17.1 Å². The highest BCUT2D eigenvalue weighted by Crippen LogP contribution is 2.27. The Morgan fingerprint density at radius 1 is 0.833 bits per heavy atom. The SMILES string of the molecule is O=C(CCC1CCCCC1)Nc1ccc(Nc2ccccc2)cc1. The largest absolute Gasteiger partial charge is 0.356 e. The summed E-state index contributed by atoms with van der Waals surface area (Å²) < 4.78 is 0. The molecule has 2 aromatic rings. The van der Waals surface area contributed by atoms with Gasteiger partial charge in [0.05, 0.1) is 0 Å². The second-order valence-electron chi connectivity index (χ2n) is 6.66. The van der Waals surface area contributed by atoms with Gasteiger partial charge in [-0.3, -0.25) is 4.79 Å². The lowest BCUT2D eigenvalue weighted by Gasteiger charge is -2.21. The van der Waals surface area contributed by atoms with Crippen LogP contribution in [0.3, 0.4) is 0 Å². The molecule has 0 saturated heterocycles. The number of amides is 1. The lowest BCUT2D eigenvalue weighted by molar-refractivity contribution is -0.116. The topological polar surface area (TPSA) is 41.1 Å². The van der Waals surface area contributed by atoms with Gasteiger partial charge < -0.3 is 10.6 Å². The molecule has 0 bridgehead atoms. The monoisotopic (exact) mass is 322 g/mol. The average Bonchev–Trinajstić information content (AvgIpc) is 2.63. The summed E-state index contributed by atoms with van der Waals surface area (Å²) in [4.78, 5) is 12.1. The zero-order valence-corrected chi connectivity index (χ0v) is 14.1. The van der Waals surface area contributed by atoms with E-state index in [0.717, 1.165) is 29.4 Å². The van der Waals surface area contributed by atoms with E-state index in [1.165, 1.54) is 32.1 Å². The molecule has 0 unspecified atom stereocenters. The van der Waals surface area contributed by atoms with Crippen molar-refractivity contribution < 1.29 is 4.79 Å². The summed E-state index contributed by atoms with van der Waals surface area (Å²) in [6, 6.07) is 17.9. The van der Waals surface area contributed by atoms with Gasteiger partial charge in [0.2, 0.25) is 5.91 Å². The van der Waals surface area contributed by atoms with Crippen molar-refractivity contribution in [3.05, 3.63) is 54.6 Å². The number of carbonyl (C=O) groups excluding carboxylic acids is 1. The van der Waals surface area contributed by atoms with Crippen LogP contribution in [0.2, 0.25) is 0 Å². The molecular weight excluding hydrogens is 296 g/mol. The Labute approximate surface area is 144 Å². The van der Waals surface area contributed by atoms with Crippen LogP contribution in [-0.4, -0.2) is 5.91 Å². The first-order chi connectivity index (χ1) is 11.8. The Kier molecular flexibility index (Phi) is 5.89. The molecule has 2 aromatic carbocycles. The van der Waals surface area contributed by atoms with Crippen molar-refractivity contribution in [1.82, 2.24) is 0 Å². The van der Waals surface area contributed by atoms with E-state index in [0.29, 0.717) is 6.42 Å². The molecule has 24 heavy (non-hydrogen) atoms. The molecule has 1 aliphatic rings. The van der Waals surface area contributed by atoms with Gasteiger partial charge in [-0.05, 0) is 48.7 Å².